The van der Waals surface area contributed by atoms with E-state index in [1.165, 1.54) is 12.1 Å². The zero-order valence-corrected chi connectivity index (χ0v) is 14.6. The second-order valence-electron chi connectivity index (χ2n) is 6.75. The van der Waals surface area contributed by atoms with Gasteiger partial charge >= 0.3 is 0 Å². The predicted molar refractivity (Wildman–Crippen MR) is 95.2 cm³/mol. The molecule has 2 aliphatic heterocycles. The molecule has 0 saturated carbocycles. The molecule has 0 aliphatic carbocycles. The highest BCUT2D eigenvalue weighted by Crippen LogP contribution is 2.51. The Hall–Kier alpha value is -2.92. The molecule has 2 aromatic carbocycles. The number of nitro groups is 2. The first-order chi connectivity index (χ1) is 13.5. The maximum Gasteiger partial charge on any atom is 0.276 e. The van der Waals surface area contributed by atoms with Crippen LogP contribution in [0.15, 0.2) is 48.5 Å². The quantitative estimate of drug-likeness (QED) is 0.611. The number of aliphatic hydroxyl groups excluding tert-OH is 1. The lowest BCUT2D eigenvalue weighted by Gasteiger charge is -2.32. The summed E-state index contributed by atoms with van der Waals surface area (Å²) in [5.74, 6) is 0. The molecule has 10 heteroatoms. The van der Waals surface area contributed by atoms with Gasteiger partial charge in [-0.05, 0) is 12.1 Å². The molecular formula is C18H17N3O7. The van der Waals surface area contributed by atoms with Crippen LogP contribution in [-0.4, -0.2) is 45.2 Å². The van der Waals surface area contributed by atoms with Crippen LogP contribution in [0, 0.1) is 20.2 Å². The summed E-state index contributed by atoms with van der Waals surface area (Å²) in [7, 11) is 0. The Labute approximate surface area is 159 Å². The van der Waals surface area contributed by atoms with Crippen molar-refractivity contribution in [2.24, 2.45) is 0 Å². The summed E-state index contributed by atoms with van der Waals surface area (Å²) in [6, 6.07) is 12.3. The Morgan fingerprint density at radius 1 is 0.929 bits per heavy atom. The van der Waals surface area contributed by atoms with Gasteiger partial charge in [-0.3, -0.25) is 20.2 Å². The van der Waals surface area contributed by atoms with Gasteiger partial charge in [0.25, 0.3) is 11.4 Å². The highest BCUT2D eigenvalue weighted by molar-refractivity contribution is 5.45. The first-order valence-electron chi connectivity index (χ1n) is 8.58. The number of rotatable bonds is 5. The Bertz CT molecular complexity index is 865. The van der Waals surface area contributed by atoms with E-state index >= 15 is 0 Å². The Morgan fingerprint density at radius 3 is 1.75 bits per heavy atom. The molecule has 146 valence electrons. The van der Waals surface area contributed by atoms with Crippen molar-refractivity contribution < 1.29 is 24.4 Å². The van der Waals surface area contributed by atoms with Crippen molar-refractivity contribution in [3.8, 4) is 0 Å². The predicted octanol–water partition coefficient (Wildman–Crippen LogP) is 2.29. The average Bonchev–Trinajstić information content (AvgIpc) is 3.25. The van der Waals surface area contributed by atoms with Crippen LogP contribution < -0.4 is 0 Å². The van der Waals surface area contributed by atoms with E-state index in [-0.39, 0.29) is 31.2 Å². The first-order valence-corrected chi connectivity index (χ1v) is 8.58. The van der Waals surface area contributed by atoms with Crippen LogP contribution in [0.5, 0.6) is 0 Å². The number of para-hydroxylation sites is 2. The minimum absolute atomic E-state index is 0.0807. The molecule has 2 aliphatic rings. The number of ether oxygens (including phenoxy) is 2. The van der Waals surface area contributed by atoms with Gasteiger partial charge in [0.2, 0.25) is 0 Å². The van der Waals surface area contributed by atoms with Crippen molar-refractivity contribution in [2.45, 2.75) is 18.0 Å². The van der Waals surface area contributed by atoms with Crippen LogP contribution in [0.1, 0.15) is 23.6 Å². The zero-order chi connectivity index (χ0) is 19.9. The van der Waals surface area contributed by atoms with Crippen molar-refractivity contribution in [3.63, 3.8) is 0 Å². The van der Waals surface area contributed by atoms with E-state index in [0.717, 1.165) is 0 Å². The van der Waals surface area contributed by atoms with Gasteiger partial charge in [-0.1, -0.05) is 24.3 Å². The van der Waals surface area contributed by atoms with E-state index in [1.54, 1.807) is 41.3 Å². The van der Waals surface area contributed by atoms with Crippen LogP contribution in [0.3, 0.4) is 0 Å². The molecule has 0 spiro atoms. The maximum absolute atomic E-state index is 11.5. The van der Waals surface area contributed by atoms with E-state index in [1.807, 2.05) is 0 Å². The number of hydrogen-bond donors (Lipinski definition) is 1. The lowest BCUT2D eigenvalue weighted by Crippen LogP contribution is -2.47. The zero-order valence-electron chi connectivity index (χ0n) is 14.6. The molecule has 2 aromatic rings. The van der Waals surface area contributed by atoms with Crippen molar-refractivity contribution in [2.75, 3.05) is 19.8 Å². The van der Waals surface area contributed by atoms with Crippen LogP contribution in [0.2, 0.25) is 0 Å². The maximum atomic E-state index is 11.5. The average molecular weight is 387 g/mol. The summed E-state index contributed by atoms with van der Waals surface area (Å²) in [6.45, 7) is -0.157. The summed E-state index contributed by atoms with van der Waals surface area (Å²) < 4.78 is 11.7. The number of nitrogens with zero attached hydrogens (tertiary/aromatic N) is 3. The van der Waals surface area contributed by atoms with Gasteiger partial charge in [-0.25, -0.2) is 4.90 Å². The standard InChI is InChI=1S/C18H17N3O7/c22-9-18-10-27-16(12-5-1-3-7-14(12)20(23)24)19(18)17(28-11-18)13-6-2-4-8-15(13)21(25)26/h1-8,16-17,22H,9-11H2/t16-,17+,18?. The van der Waals surface area contributed by atoms with Gasteiger partial charge in [0, 0.05) is 12.1 Å². The Balaban J connectivity index is 1.83. The minimum Gasteiger partial charge on any atom is -0.394 e. The molecule has 0 aromatic heterocycles. The molecule has 2 fully saturated rings. The van der Waals surface area contributed by atoms with Gasteiger partial charge < -0.3 is 14.6 Å². The molecule has 1 unspecified atom stereocenters. The summed E-state index contributed by atoms with van der Waals surface area (Å²) >= 11 is 0. The van der Waals surface area contributed by atoms with Gasteiger partial charge in [0.05, 0.1) is 46.3 Å². The smallest absolute Gasteiger partial charge is 0.276 e. The minimum atomic E-state index is -0.942. The summed E-state index contributed by atoms with van der Waals surface area (Å²) in [6.07, 6.45) is -1.78. The fourth-order valence-corrected chi connectivity index (χ4v) is 3.82. The largest absolute Gasteiger partial charge is 0.394 e. The molecule has 3 atom stereocenters. The topological polar surface area (TPSA) is 128 Å². The van der Waals surface area contributed by atoms with E-state index < -0.39 is 27.8 Å². The van der Waals surface area contributed by atoms with Crippen molar-refractivity contribution in [1.82, 2.24) is 4.90 Å². The van der Waals surface area contributed by atoms with E-state index in [9.17, 15) is 25.3 Å². The SMILES string of the molecule is O=[N+]([O-])c1ccccc1[C@H]1OCC2(CO)CO[C@@H](c3ccccc3[N+](=O)[O-])N12. The highest BCUT2D eigenvalue weighted by Gasteiger charge is 2.58. The molecular weight excluding hydrogens is 370 g/mol. The van der Waals surface area contributed by atoms with Gasteiger partial charge in [0.15, 0.2) is 0 Å². The van der Waals surface area contributed by atoms with Crippen molar-refractivity contribution in [3.05, 3.63) is 79.9 Å². The molecule has 0 amide bonds. The summed E-state index contributed by atoms with van der Waals surface area (Å²) in [4.78, 5) is 23.6. The molecule has 0 radical (unpaired) electrons. The Morgan fingerprint density at radius 2 is 1.36 bits per heavy atom. The van der Waals surface area contributed by atoms with E-state index in [2.05, 4.69) is 0 Å². The molecule has 1 N–H and O–H groups in total. The second kappa shape index (κ2) is 6.91. The third-order valence-electron chi connectivity index (χ3n) is 5.17. The lowest BCUT2D eigenvalue weighted by atomic mass is 10.0. The Kier molecular flexibility index (Phi) is 4.55. The number of benzene rings is 2. The fraction of sp³-hybridized carbons (Fsp3) is 0.333. The number of fused-ring (bicyclic) bond motifs is 1. The van der Waals surface area contributed by atoms with Crippen LogP contribution in [-0.2, 0) is 9.47 Å². The summed E-state index contributed by atoms with van der Waals surface area (Å²) in [5, 5.41) is 33.0. The van der Waals surface area contributed by atoms with Gasteiger partial charge in [0.1, 0.15) is 12.5 Å². The number of aliphatic hydroxyl groups is 1. The number of nitro benzene ring substituents is 2. The molecule has 10 nitrogen and oxygen atoms in total. The van der Waals surface area contributed by atoms with E-state index in [4.69, 9.17) is 9.47 Å². The monoisotopic (exact) mass is 387 g/mol. The van der Waals surface area contributed by atoms with Crippen LogP contribution >= 0.6 is 0 Å². The number of hydrogen-bond acceptors (Lipinski definition) is 8. The van der Waals surface area contributed by atoms with Crippen LogP contribution in [0.4, 0.5) is 11.4 Å². The summed E-state index contributed by atoms with van der Waals surface area (Å²) in [5.41, 5.74) is -0.597. The van der Waals surface area contributed by atoms with Crippen molar-refractivity contribution >= 4 is 11.4 Å². The van der Waals surface area contributed by atoms with Crippen LogP contribution in [0.25, 0.3) is 0 Å². The lowest BCUT2D eigenvalue weighted by molar-refractivity contribution is -0.387. The third-order valence-corrected chi connectivity index (χ3v) is 5.17. The molecule has 0 bridgehead atoms. The molecule has 4 rings (SSSR count). The first kappa shape index (κ1) is 18.4. The van der Waals surface area contributed by atoms with Gasteiger partial charge in [-0.15, -0.1) is 0 Å². The highest BCUT2D eigenvalue weighted by atomic mass is 16.6. The van der Waals surface area contributed by atoms with Gasteiger partial charge in [-0.2, -0.15) is 0 Å². The molecule has 28 heavy (non-hydrogen) atoms. The molecule has 2 saturated heterocycles. The molecule has 2 heterocycles. The van der Waals surface area contributed by atoms with E-state index in [0.29, 0.717) is 11.1 Å². The van der Waals surface area contributed by atoms with Crippen molar-refractivity contribution in [1.29, 1.82) is 0 Å². The third kappa shape index (κ3) is 2.74. The second-order valence-corrected chi connectivity index (χ2v) is 6.75. The fourth-order valence-electron chi connectivity index (χ4n) is 3.82. The normalized spacial score (nSPS) is 26.9.